The van der Waals surface area contributed by atoms with Gasteiger partial charge in [0.15, 0.2) is 0 Å². The molecule has 1 aliphatic carbocycles. The van der Waals surface area contributed by atoms with Crippen LogP contribution in [0.15, 0.2) is 18.2 Å². The van der Waals surface area contributed by atoms with Gasteiger partial charge in [-0.2, -0.15) is 0 Å². The molecular formula is C14H20N2O2. The van der Waals surface area contributed by atoms with E-state index in [1.165, 1.54) is 19.3 Å². The zero-order valence-corrected chi connectivity index (χ0v) is 11.0. The number of anilines is 1. The minimum Gasteiger partial charge on any atom is -0.497 e. The first-order chi connectivity index (χ1) is 8.61. The third-order valence-electron chi connectivity index (χ3n) is 3.59. The third kappa shape index (κ3) is 2.58. The quantitative estimate of drug-likeness (QED) is 0.831. The molecule has 2 rings (SSSR count). The summed E-state index contributed by atoms with van der Waals surface area (Å²) in [6, 6.07) is 5.18. The van der Waals surface area contributed by atoms with Crippen LogP contribution in [0.1, 0.15) is 29.6 Å². The zero-order valence-electron chi connectivity index (χ0n) is 11.0. The average Bonchev–Trinajstić information content (AvgIpc) is 2.32. The van der Waals surface area contributed by atoms with Crippen molar-refractivity contribution in [3.8, 4) is 5.75 Å². The molecule has 2 N–H and O–H groups in total. The van der Waals surface area contributed by atoms with Crippen molar-refractivity contribution in [2.45, 2.75) is 19.3 Å². The highest BCUT2D eigenvalue weighted by molar-refractivity contribution is 5.99. The zero-order chi connectivity index (χ0) is 13.1. The van der Waals surface area contributed by atoms with Crippen LogP contribution in [-0.4, -0.2) is 31.5 Å². The van der Waals surface area contributed by atoms with Gasteiger partial charge in [-0.1, -0.05) is 6.42 Å². The van der Waals surface area contributed by atoms with Gasteiger partial charge in [-0.25, -0.2) is 0 Å². The fourth-order valence-corrected chi connectivity index (χ4v) is 2.21. The van der Waals surface area contributed by atoms with E-state index in [-0.39, 0.29) is 5.91 Å². The van der Waals surface area contributed by atoms with Gasteiger partial charge >= 0.3 is 0 Å². The van der Waals surface area contributed by atoms with Crippen LogP contribution in [0.25, 0.3) is 0 Å². The van der Waals surface area contributed by atoms with E-state index in [1.54, 1.807) is 30.2 Å². The van der Waals surface area contributed by atoms with E-state index in [4.69, 9.17) is 10.5 Å². The summed E-state index contributed by atoms with van der Waals surface area (Å²) in [4.78, 5) is 14.0. The number of carbonyl (C=O) groups excluding carboxylic acids is 1. The Kier molecular flexibility index (Phi) is 3.75. The van der Waals surface area contributed by atoms with Crippen molar-refractivity contribution in [1.29, 1.82) is 0 Å². The molecule has 0 radical (unpaired) electrons. The largest absolute Gasteiger partial charge is 0.497 e. The highest BCUT2D eigenvalue weighted by Gasteiger charge is 2.22. The second-order valence-electron chi connectivity index (χ2n) is 4.94. The van der Waals surface area contributed by atoms with Crippen LogP contribution in [0.3, 0.4) is 0 Å². The van der Waals surface area contributed by atoms with Gasteiger partial charge in [0.1, 0.15) is 5.75 Å². The van der Waals surface area contributed by atoms with Crippen LogP contribution >= 0.6 is 0 Å². The van der Waals surface area contributed by atoms with Crippen molar-refractivity contribution in [2.24, 2.45) is 5.92 Å². The number of nitrogen functional groups attached to an aromatic ring is 1. The maximum Gasteiger partial charge on any atom is 0.255 e. The van der Waals surface area contributed by atoms with Gasteiger partial charge in [0, 0.05) is 25.3 Å². The number of ether oxygens (including phenoxy) is 1. The number of amides is 1. The van der Waals surface area contributed by atoms with E-state index in [0.717, 1.165) is 6.54 Å². The Morgan fingerprint density at radius 1 is 1.50 bits per heavy atom. The summed E-state index contributed by atoms with van der Waals surface area (Å²) in [6.07, 6.45) is 3.75. The monoisotopic (exact) mass is 248 g/mol. The van der Waals surface area contributed by atoms with Gasteiger partial charge in [0.2, 0.25) is 0 Å². The van der Waals surface area contributed by atoms with Crippen molar-refractivity contribution in [3.05, 3.63) is 23.8 Å². The highest BCUT2D eigenvalue weighted by Crippen LogP contribution is 2.28. The number of nitrogens with zero attached hydrogens (tertiary/aromatic N) is 1. The molecule has 0 unspecified atom stereocenters. The van der Waals surface area contributed by atoms with E-state index in [2.05, 4.69) is 0 Å². The summed E-state index contributed by atoms with van der Waals surface area (Å²) in [7, 11) is 3.42. The lowest BCUT2D eigenvalue weighted by Gasteiger charge is -2.30. The fraction of sp³-hybridized carbons (Fsp3) is 0.500. The van der Waals surface area contributed by atoms with Gasteiger partial charge < -0.3 is 15.4 Å². The lowest BCUT2D eigenvalue weighted by Crippen LogP contribution is -2.34. The minimum atomic E-state index is -0.0120. The van der Waals surface area contributed by atoms with Crippen LogP contribution in [-0.2, 0) is 0 Å². The molecule has 98 valence electrons. The molecule has 0 spiro atoms. The molecule has 18 heavy (non-hydrogen) atoms. The molecule has 4 heteroatoms. The molecule has 0 atom stereocenters. The Bertz CT molecular complexity index is 441. The molecule has 1 fully saturated rings. The molecule has 1 aliphatic rings. The lowest BCUT2D eigenvalue weighted by atomic mass is 9.85. The van der Waals surface area contributed by atoms with Gasteiger partial charge in [0.25, 0.3) is 5.91 Å². The topological polar surface area (TPSA) is 55.6 Å². The molecule has 0 heterocycles. The molecule has 1 aromatic carbocycles. The summed E-state index contributed by atoms with van der Waals surface area (Å²) >= 11 is 0. The van der Waals surface area contributed by atoms with E-state index < -0.39 is 0 Å². The van der Waals surface area contributed by atoms with E-state index in [9.17, 15) is 4.79 Å². The maximum absolute atomic E-state index is 12.2. The van der Waals surface area contributed by atoms with E-state index in [1.807, 2.05) is 7.05 Å². The summed E-state index contributed by atoms with van der Waals surface area (Å²) in [5.74, 6) is 1.33. The van der Waals surface area contributed by atoms with Crippen molar-refractivity contribution >= 4 is 11.6 Å². The summed E-state index contributed by atoms with van der Waals surface area (Å²) < 4.78 is 5.08. The Hall–Kier alpha value is -1.71. The second kappa shape index (κ2) is 5.29. The van der Waals surface area contributed by atoms with Crippen molar-refractivity contribution < 1.29 is 9.53 Å². The SMILES string of the molecule is COc1ccc(C(=O)N(C)CC2CCC2)c(N)c1. The summed E-state index contributed by atoms with van der Waals surface area (Å²) in [5.41, 5.74) is 6.91. The predicted octanol–water partition coefficient (Wildman–Crippen LogP) is 2.15. The standard InChI is InChI=1S/C14H20N2O2/c1-16(9-10-4-3-5-10)14(17)12-7-6-11(18-2)8-13(12)15/h6-8,10H,3-5,9,15H2,1-2H3. The van der Waals surface area contributed by atoms with Crippen LogP contribution in [0, 0.1) is 5.92 Å². The Morgan fingerprint density at radius 3 is 2.72 bits per heavy atom. The Labute approximate surface area is 108 Å². The van der Waals surface area contributed by atoms with Gasteiger partial charge in [-0.15, -0.1) is 0 Å². The maximum atomic E-state index is 12.2. The first kappa shape index (κ1) is 12.7. The predicted molar refractivity (Wildman–Crippen MR) is 71.7 cm³/mol. The van der Waals surface area contributed by atoms with Gasteiger partial charge in [0.05, 0.1) is 12.7 Å². The smallest absolute Gasteiger partial charge is 0.255 e. The molecule has 1 aromatic rings. The number of benzene rings is 1. The van der Waals surface area contributed by atoms with Gasteiger partial charge in [-0.3, -0.25) is 4.79 Å². The molecule has 0 bridgehead atoms. The lowest BCUT2D eigenvalue weighted by molar-refractivity contribution is 0.0746. The molecule has 1 saturated carbocycles. The van der Waals surface area contributed by atoms with Crippen LogP contribution < -0.4 is 10.5 Å². The molecule has 0 aromatic heterocycles. The Morgan fingerprint density at radius 2 is 2.22 bits per heavy atom. The number of carbonyl (C=O) groups is 1. The highest BCUT2D eigenvalue weighted by atomic mass is 16.5. The Balaban J connectivity index is 2.07. The van der Waals surface area contributed by atoms with E-state index >= 15 is 0 Å². The minimum absolute atomic E-state index is 0.0120. The molecular weight excluding hydrogens is 228 g/mol. The molecule has 1 amide bonds. The fourth-order valence-electron chi connectivity index (χ4n) is 2.21. The molecule has 0 saturated heterocycles. The second-order valence-corrected chi connectivity index (χ2v) is 4.94. The number of methoxy groups -OCH3 is 1. The number of hydrogen-bond acceptors (Lipinski definition) is 3. The van der Waals surface area contributed by atoms with Crippen LogP contribution in [0.4, 0.5) is 5.69 Å². The third-order valence-corrected chi connectivity index (χ3v) is 3.59. The normalized spacial score (nSPS) is 15.0. The molecule has 0 aliphatic heterocycles. The summed E-state index contributed by atoms with van der Waals surface area (Å²) in [6.45, 7) is 0.824. The van der Waals surface area contributed by atoms with E-state index in [0.29, 0.717) is 22.9 Å². The number of nitrogens with two attached hydrogens (primary N) is 1. The first-order valence-corrected chi connectivity index (χ1v) is 6.30. The van der Waals surface area contributed by atoms with Crippen molar-refractivity contribution in [1.82, 2.24) is 4.90 Å². The number of hydrogen-bond donors (Lipinski definition) is 1. The van der Waals surface area contributed by atoms with Gasteiger partial charge in [-0.05, 0) is 30.9 Å². The van der Waals surface area contributed by atoms with Crippen molar-refractivity contribution in [2.75, 3.05) is 26.4 Å². The first-order valence-electron chi connectivity index (χ1n) is 6.30. The van der Waals surface area contributed by atoms with Crippen LogP contribution in [0.5, 0.6) is 5.75 Å². The molecule has 4 nitrogen and oxygen atoms in total. The van der Waals surface area contributed by atoms with Crippen molar-refractivity contribution in [3.63, 3.8) is 0 Å². The number of rotatable bonds is 4. The van der Waals surface area contributed by atoms with Crippen LogP contribution in [0.2, 0.25) is 0 Å². The average molecular weight is 248 g/mol. The summed E-state index contributed by atoms with van der Waals surface area (Å²) in [5, 5.41) is 0.